The number of aromatic nitrogens is 1. The van der Waals surface area contributed by atoms with Gasteiger partial charge < -0.3 is 15.0 Å². The molecule has 1 unspecified atom stereocenters. The average molecular weight is 241 g/mol. The molecule has 16 heavy (non-hydrogen) atoms. The van der Waals surface area contributed by atoms with Crippen molar-refractivity contribution < 1.29 is 4.74 Å². The summed E-state index contributed by atoms with van der Waals surface area (Å²) in [5.74, 6) is 0. The molecule has 1 atom stereocenters. The van der Waals surface area contributed by atoms with Crippen molar-refractivity contribution in [2.75, 3.05) is 38.2 Å². The first-order valence-corrected chi connectivity index (χ1v) is 6.65. The number of rotatable bonds is 4. The predicted octanol–water partition coefficient (Wildman–Crippen LogP) is 1.13. The fraction of sp³-hybridized carbons (Fsp3) is 0.727. The van der Waals surface area contributed by atoms with Crippen molar-refractivity contribution in [1.82, 2.24) is 10.3 Å². The van der Waals surface area contributed by atoms with Crippen LogP contribution in [-0.2, 0) is 11.2 Å². The number of hydrogen-bond acceptors (Lipinski definition) is 5. The van der Waals surface area contributed by atoms with Crippen LogP contribution in [0, 0.1) is 0 Å². The van der Waals surface area contributed by atoms with Gasteiger partial charge in [-0.3, -0.25) is 0 Å². The van der Waals surface area contributed by atoms with Gasteiger partial charge in [-0.1, -0.05) is 6.92 Å². The smallest absolute Gasteiger partial charge is 0.185 e. The lowest BCUT2D eigenvalue weighted by molar-refractivity contribution is 0.0340. The molecule has 90 valence electrons. The number of thiazole rings is 1. The van der Waals surface area contributed by atoms with Crippen LogP contribution in [0.5, 0.6) is 0 Å². The predicted molar refractivity (Wildman–Crippen MR) is 67.4 cm³/mol. The summed E-state index contributed by atoms with van der Waals surface area (Å²) in [4.78, 5) is 6.74. The van der Waals surface area contributed by atoms with Crippen LogP contribution in [0.1, 0.15) is 12.6 Å². The average Bonchev–Trinajstić information content (AvgIpc) is 2.79. The Kier molecular flexibility index (Phi) is 4.15. The van der Waals surface area contributed by atoms with E-state index in [9.17, 15) is 0 Å². The Morgan fingerprint density at radius 3 is 3.19 bits per heavy atom. The fourth-order valence-electron chi connectivity index (χ4n) is 1.75. The van der Waals surface area contributed by atoms with E-state index in [-0.39, 0.29) is 6.10 Å². The third-order valence-corrected chi connectivity index (χ3v) is 3.71. The van der Waals surface area contributed by atoms with Gasteiger partial charge in [-0.15, -0.1) is 11.3 Å². The van der Waals surface area contributed by atoms with Crippen molar-refractivity contribution in [1.29, 1.82) is 0 Å². The molecule has 1 aliphatic heterocycles. The van der Waals surface area contributed by atoms with Gasteiger partial charge in [0.25, 0.3) is 0 Å². The number of morpholine rings is 1. The quantitative estimate of drug-likeness (QED) is 0.857. The van der Waals surface area contributed by atoms with Gasteiger partial charge in [0.2, 0.25) is 0 Å². The maximum atomic E-state index is 5.68. The van der Waals surface area contributed by atoms with Crippen molar-refractivity contribution in [2.45, 2.75) is 19.4 Å². The summed E-state index contributed by atoms with van der Waals surface area (Å²) < 4.78 is 5.68. The second kappa shape index (κ2) is 5.61. The van der Waals surface area contributed by atoms with Gasteiger partial charge in [-0.05, 0) is 6.42 Å². The minimum absolute atomic E-state index is 0.285. The fourth-order valence-corrected chi connectivity index (χ4v) is 2.64. The molecule has 1 fully saturated rings. The Balaban J connectivity index is 1.88. The van der Waals surface area contributed by atoms with Crippen molar-refractivity contribution in [2.24, 2.45) is 0 Å². The van der Waals surface area contributed by atoms with E-state index in [1.165, 1.54) is 5.69 Å². The first-order chi connectivity index (χ1) is 7.79. The van der Waals surface area contributed by atoms with E-state index in [1.54, 1.807) is 11.3 Å². The molecule has 4 nitrogen and oxygen atoms in total. The molecule has 2 rings (SSSR count). The molecule has 0 spiro atoms. The first kappa shape index (κ1) is 11.8. The molecule has 1 aromatic heterocycles. The molecule has 0 bridgehead atoms. The molecule has 5 heteroatoms. The molecule has 0 amide bonds. The topological polar surface area (TPSA) is 37.4 Å². The van der Waals surface area contributed by atoms with Gasteiger partial charge in [-0.2, -0.15) is 0 Å². The SMILES string of the molecule is CCc1csc(N(C)CC2CNCCO2)n1. The molecule has 1 N–H and O–H groups in total. The van der Waals surface area contributed by atoms with E-state index in [0.717, 1.165) is 37.8 Å². The lowest BCUT2D eigenvalue weighted by Gasteiger charge is -2.27. The molecule has 0 aromatic carbocycles. The highest BCUT2D eigenvalue weighted by atomic mass is 32.1. The molecule has 0 radical (unpaired) electrons. The monoisotopic (exact) mass is 241 g/mol. The number of nitrogens with one attached hydrogen (secondary N) is 1. The number of likely N-dealkylation sites (N-methyl/N-ethyl adjacent to an activating group) is 1. The number of aryl methyl sites for hydroxylation is 1. The van der Waals surface area contributed by atoms with Crippen LogP contribution in [0.25, 0.3) is 0 Å². The number of nitrogens with zero attached hydrogens (tertiary/aromatic N) is 2. The van der Waals surface area contributed by atoms with E-state index in [0.29, 0.717) is 0 Å². The Bertz CT molecular complexity index is 323. The normalized spacial score (nSPS) is 21.0. The number of hydrogen-bond donors (Lipinski definition) is 1. The summed E-state index contributed by atoms with van der Waals surface area (Å²) >= 11 is 1.71. The van der Waals surface area contributed by atoms with Gasteiger partial charge in [0, 0.05) is 32.1 Å². The van der Waals surface area contributed by atoms with Crippen LogP contribution in [-0.4, -0.2) is 44.4 Å². The van der Waals surface area contributed by atoms with Crippen LogP contribution in [0.3, 0.4) is 0 Å². The van der Waals surface area contributed by atoms with E-state index >= 15 is 0 Å². The molecule has 0 aliphatic carbocycles. The third kappa shape index (κ3) is 2.93. The summed E-state index contributed by atoms with van der Waals surface area (Å²) in [6.07, 6.45) is 1.29. The Morgan fingerprint density at radius 2 is 2.56 bits per heavy atom. The van der Waals surface area contributed by atoms with Crippen LogP contribution >= 0.6 is 11.3 Å². The van der Waals surface area contributed by atoms with E-state index in [1.807, 2.05) is 0 Å². The molecule has 0 saturated carbocycles. The first-order valence-electron chi connectivity index (χ1n) is 5.77. The van der Waals surface area contributed by atoms with E-state index in [4.69, 9.17) is 4.74 Å². The minimum Gasteiger partial charge on any atom is -0.374 e. The molecule has 1 aromatic rings. The van der Waals surface area contributed by atoms with Crippen LogP contribution in [0.15, 0.2) is 5.38 Å². The summed E-state index contributed by atoms with van der Waals surface area (Å²) in [5.41, 5.74) is 1.18. The maximum absolute atomic E-state index is 5.68. The highest BCUT2D eigenvalue weighted by Crippen LogP contribution is 2.20. The van der Waals surface area contributed by atoms with E-state index in [2.05, 4.69) is 34.6 Å². The number of anilines is 1. The van der Waals surface area contributed by atoms with Gasteiger partial charge in [-0.25, -0.2) is 4.98 Å². The zero-order chi connectivity index (χ0) is 11.4. The highest BCUT2D eigenvalue weighted by Gasteiger charge is 2.17. The van der Waals surface area contributed by atoms with Gasteiger partial charge in [0.1, 0.15) is 0 Å². The molecular formula is C11H19N3OS. The molecule has 2 heterocycles. The third-order valence-electron chi connectivity index (χ3n) is 2.71. The maximum Gasteiger partial charge on any atom is 0.185 e. The van der Waals surface area contributed by atoms with Crippen molar-refractivity contribution >= 4 is 16.5 Å². The Labute approximate surface area is 101 Å². The van der Waals surface area contributed by atoms with E-state index < -0.39 is 0 Å². The van der Waals surface area contributed by atoms with Gasteiger partial charge in [0.05, 0.1) is 18.4 Å². The summed E-state index contributed by atoms with van der Waals surface area (Å²) in [7, 11) is 2.08. The molecule has 1 saturated heterocycles. The summed E-state index contributed by atoms with van der Waals surface area (Å²) in [5, 5.41) is 6.56. The van der Waals surface area contributed by atoms with Crippen LogP contribution in [0.4, 0.5) is 5.13 Å². The number of ether oxygens (including phenoxy) is 1. The largest absolute Gasteiger partial charge is 0.374 e. The lowest BCUT2D eigenvalue weighted by Crippen LogP contribution is -2.44. The second-order valence-electron chi connectivity index (χ2n) is 4.05. The van der Waals surface area contributed by atoms with Gasteiger partial charge in [0.15, 0.2) is 5.13 Å². The lowest BCUT2D eigenvalue weighted by atomic mass is 10.3. The zero-order valence-electron chi connectivity index (χ0n) is 9.90. The summed E-state index contributed by atoms with van der Waals surface area (Å²) in [6.45, 7) is 5.76. The second-order valence-corrected chi connectivity index (χ2v) is 4.89. The van der Waals surface area contributed by atoms with Crippen LogP contribution < -0.4 is 10.2 Å². The standard InChI is InChI=1S/C11H19N3OS/c1-3-9-8-16-11(13-9)14(2)7-10-6-12-4-5-15-10/h8,10,12H,3-7H2,1-2H3. The zero-order valence-corrected chi connectivity index (χ0v) is 10.7. The molecule has 1 aliphatic rings. The van der Waals surface area contributed by atoms with Crippen molar-refractivity contribution in [3.8, 4) is 0 Å². The minimum atomic E-state index is 0.285. The molecular weight excluding hydrogens is 222 g/mol. The Hall–Kier alpha value is -0.650. The van der Waals surface area contributed by atoms with Crippen molar-refractivity contribution in [3.05, 3.63) is 11.1 Å². The van der Waals surface area contributed by atoms with Gasteiger partial charge >= 0.3 is 0 Å². The summed E-state index contributed by atoms with van der Waals surface area (Å²) in [6, 6.07) is 0. The van der Waals surface area contributed by atoms with Crippen LogP contribution in [0.2, 0.25) is 0 Å². The highest BCUT2D eigenvalue weighted by molar-refractivity contribution is 7.13. The Morgan fingerprint density at radius 1 is 1.69 bits per heavy atom. The van der Waals surface area contributed by atoms with Crippen molar-refractivity contribution in [3.63, 3.8) is 0 Å².